The minimum Gasteiger partial charge on any atom is -0.467 e. The second kappa shape index (κ2) is 8.23. The molecule has 4 rings (SSSR count). The van der Waals surface area contributed by atoms with E-state index in [1.54, 1.807) is 23.7 Å². The first-order chi connectivity index (χ1) is 15.2. The summed E-state index contributed by atoms with van der Waals surface area (Å²) in [6.45, 7) is 5.75. The summed E-state index contributed by atoms with van der Waals surface area (Å²) in [5.41, 5.74) is 7.88. The van der Waals surface area contributed by atoms with Crippen LogP contribution in [0.15, 0.2) is 35.8 Å². The van der Waals surface area contributed by atoms with Crippen LogP contribution in [-0.2, 0) is 9.53 Å². The van der Waals surface area contributed by atoms with Gasteiger partial charge in [0.15, 0.2) is 0 Å². The van der Waals surface area contributed by atoms with Gasteiger partial charge in [0.25, 0.3) is 5.91 Å². The third kappa shape index (κ3) is 4.03. The van der Waals surface area contributed by atoms with E-state index in [-0.39, 0.29) is 0 Å². The van der Waals surface area contributed by atoms with E-state index in [1.807, 2.05) is 32.9 Å². The molecule has 0 saturated heterocycles. The molecular weight excluding hydrogens is 428 g/mol. The van der Waals surface area contributed by atoms with Crippen molar-refractivity contribution in [3.8, 4) is 0 Å². The molecule has 32 heavy (non-hydrogen) atoms. The third-order valence-electron chi connectivity index (χ3n) is 5.53. The number of thiazole rings is 1. The van der Waals surface area contributed by atoms with Crippen LogP contribution in [0.25, 0.3) is 10.2 Å². The van der Waals surface area contributed by atoms with Crippen molar-refractivity contribution in [2.45, 2.75) is 39.2 Å². The Kier molecular flexibility index (Phi) is 5.60. The number of hydrogen-bond donors (Lipinski definition) is 2. The zero-order chi connectivity index (χ0) is 23.0. The lowest BCUT2D eigenvalue weighted by molar-refractivity contribution is -0.144. The summed E-state index contributed by atoms with van der Waals surface area (Å²) in [5, 5.41) is 3.92. The molecule has 0 spiro atoms. The highest BCUT2D eigenvalue weighted by atomic mass is 32.1. The lowest BCUT2D eigenvalue weighted by Gasteiger charge is -2.28. The Hall–Kier alpha value is -3.46. The number of nitrogens with one attached hydrogen (secondary N) is 2. The summed E-state index contributed by atoms with van der Waals surface area (Å²) in [7, 11) is 1.28. The number of methoxy groups -OCH3 is 1. The van der Waals surface area contributed by atoms with Crippen molar-refractivity contribution >= 4 is 45.1 Å². The van der Waals surface area contributed by atoms with Gasteiger partial charge in [0.05, 0.1) is 28.5 Å². The summed E-state index contributed by atoms with van der Waals surface area (Å²) in [6.07, 6.45) is 0.983. The molecule has 0 radical (unpaired) electrons. The molecule has 1 fully saturated rings. The molecule has 3 aromatic rings. The lowest BCUT2D eigenvalue weighted by atomic mass is 10.0. The molecule has 166 valence electrons. The fourth-order valence-electron chi connectivity index (χ4n) is 3.90. The number of carbonyl (C=O) groups excluding carboxylic acids is 3. The maximum absolute atomic E-state index is 13.6. The minimum absolute atomic E-state index is 0.395. The molecule has 1 aliphatic carbocycles. The molecule has 0 unspecified atom stereocenters. The third-order valence-corrected chi connectivity index (χ3v) is 6.32. The molecule has 2 aromatic carbocycles. The summed E-state index contributed by atoms with van der Waals surface area (Å²) < 4.78 is 5.68. The number of ether oxygens (including phenoxy) is 1. The summed E-state index contributed by atoms with van der Waals surface area (Å²) in [5.74, 6) is -0.891. The van der Waals surface area contributed by atoms with Crippen LogP contribution in [0.5, 0.6) is 0 Å². The number of amides is 3. The predicted octanol–water partition coefficient (Wildman–Crippen LogP) is 3.79. The Bertz CT molecular complexity index is 1210. The number of fused-ring (bicyclic) bond motifs is 1. The first-order valence-corrected chi connectivity index (χ1v) is 11.0. The number of anilines is 1. The van der Waals surface area contributed by atoms with Gasteiger partial charge in [-0.15, -0.1) is 11.3 Å². The van der Waals surface area contributed by atoms with Crippen molar-refractivity contribution in [1.82, 2.24) is 15.7 Å². The first kappa shape index (κ1) is 21.8. The van der Waals surface area contributed by atoms with Gasteiger partial charge >= 0.3 is 12.0 Å². The molecule has 3 amide bonds. The van der Waals surface area contributed by atoms with Crippen LogP contribution in [0.3, 0.4) is 0 Å². The van der Waals surface area contributed by atoms with E-state index in [4.69, 9.17) is 4.74 Å². The summed E-state index contributed by atoms with van der Waals surface area (Å²) >= 11 is 1.44. The normalized spacial score (nSPS) is 14.0. The summed E-state index contributed by atoms with van der Waals surface area (Å²) in [6, 6.07) is 8.48. The van der Waals surface area contributed by atoms with Gasteiger partial charge in [-0.3, -0.25) is 4.79 Å². The number of carbonyl (C=O) groups is 3. The quantitative estimate of drug-likeness (QED) is 0.463. The Morgan fingerprint density at radius 2 is 1.78 bits per heavy atom. The van der Waals surface area contributed by atoms with Crippen LogP contribution >= 0.6 is 11.3 Å². The highest BCUT2D eigenvalue weighted by Crippen LogP contribution is 2.36. The first-order valence-electron chi connectivity index (χ1n) is 10.2. The average Bonchev–Trinajstić information content (AvgIpc) is 3.37. The van der Waals surface area contributed by atoms with Gasteiger partial charge in [0, 0.05) is 5.56 Å². The van der Waals surface area contributed by atoms with Crippen molar-refractivity contribution in [3.05, 3.63) is 58.1 Å². The zero-order valence-electron chi connectivity index (χ0n) is 18.3. The number of urea groups is 1. The van der Waals surface area contributed by atoms with Crippen LogP contribution in [0, 0.1) is 20.8 Å². The number of aryl methyl sites for hydroxylation is 3. The van der Waals surface area contributed by atoms with Gasteiger partial charge in [0.2, 0.25) is 0 Å². The Labute approximate surface area is 189 Å². The zero-order valence-corrected chi connectivity index (χ0v) is 19.1. The Morgan fingerprint density at radius 1 is 1.09 bits per heavy atom. The molecule has 0 aliphatic heterocycles. The van der Waals surface area contributed by atoms with Crippen molar-refractivity contribution in [2.75, 3.05) is 12.1 Å². The van der Waals surface area contributed by atoms with E-state index in [9.17, 15) is 14.4 Å². The van der Waals surface area contributed by atoms with E-state index in [0.29, 0.717) is 24.1 Å². The lowest BCUT2D eigenvalue weighted by Crippen LogP contribution is -2.55. The van der Waals surface area contributed by atoms with Gasteiger partial charge in [-0.05, 0) is 62.9 Å². The van der Waals surface area contributed by atoms with Crippen LogP contribution in [0.4, 0.5) is 10.5 Å². The van der Waals surface area contributed by atoms with Gasteiger partial charge < -0.3 is 10.1 Å². The molecular formula is C23H24N4O4S. The molecule has 1 aliphatic rings. The number of hydrazine groups is 1. The van der Waals surface area contributed by atoms with Crippen molar-refractivity contribution in [1.29, 1.82) is 0 Å². The maximum atomic E-state index is 13.6. The fraction of sp³-hybridized carbons (Fsp3) is 0.304. The van der Waals surface area contributed by atoms with Crippen LogP contribution in [-0.4, -0.2) is 35.5 Å². The second-order valence-corrected chi connectivity index (χ2v) is 8.95. The average molecular weight is 453 g/mol. The van der Waals surface area contributed by atoms with Gasteiger partial charge in [-0.2, -0.15) is 0 Å². The number of rotatable bonds is 4. The van der Waals surface area contributed by atoms with Crippen molar-refractivity contribution in [2.24, 2.45) is 0 Å². The van der Waals surface area contributed by atoms with E-state index < -0.39 is 23.4 Å². The molecule has 8 nitrogen and oxygen atoms in total. The van der Waals surface area contributed by atoms with Crippen molar-refractivity contribution in [3.63, 3.8) is 0 Å². The Balaban J connectivity index is 1.69. The smallest absolute Gasteiger partial charge is 0.334 e. The topological polar surface area (TPSA) is 101 Å². The van der Waals surface area contributed by atoms with E-state index in [1.165, 1.54) is 23.5 Å². The highest BCUT2D eigenvalue weighted by molar-refractivity contribution is 7.16. The number of esters is 1. The van der Waals surface area contributed by atoms with E-state index in [2.05, 4.69) is 15.7 Å². The molecule has 1 aromatic heterocycles. The molecule has 1 heterocycles. The molecule has 0 atom stereocenters. The molecule has 1 saturated carbocycles. The monoisotopic (exact) mass is 452 g/mol. The fourth-order valence-corrected chi connectivity index (χ4v) is 4.61. The van der Waals surface area contributed by atoms with Crippen LogP contribution in [0.1, 0.15) is 39.9 Å². The molecule has 9 heteroatoms. The Morgan fingerprint density at radius 3 is 2.41 bits per heavy atom. The number of aromatic nitrogens is 1. The van der Waals surface area contributed by atoms with Crippen LogP contribution in [0.2, 0.25) is 0 Å². The number of hydrogen-bond acceptors (Lipinski definition) is 6. The highest BCUT2D eigenvalue weighted by Gasteiger charge is 2.52. The van der Waals surface area contributed by atoms with Crippen molar-refractivity contribution < 1.29 is 19.1 Å². The molecule has 2 N–H and O–H groups in total. The largest absolute Gasteiger partial charge is 0.467 e. The number of benzene rings is 2. The van der Waals surface area contributed by atoms with E-state index >= 15 is 0 Å². The maximum Gasteiger partial charge on any atom is 0.334 e. The SMILES string of the molecule is COC(=O)C1(NC(=O)NN(C(=O)c2ccc3ncsc3c2)c2c(C)cc(C)cc2C)CC1. The van der Waals surface area contributed by atoms with Gasteiger partial charge in [0.1, 0.15) is 5.54 Å². The van der Waals surface area contributed by atoms with E-state index in [0.717, 1.165) is 26.9 Å². The molecule has 0 bridgehead atoms. The van der Waals surface area contributed by atoms with Crippen LogP contribution < -0.4 is 15.8 Å². The minimum atomic E-state index is -1.04. The standard InChI is InChI=1S/C23H24N4O4S/c1-13-9-14(2)19(15(3)10-13)27(26-22(30)25-23(7-8-23)21(29)31-4)20(28)16-5-6-17-18(11-16)32-12-24-17/h5-6,9-12H,7-8H2,1-4H3,(H2,25,26,30). The summed E-state index contributed by atoms with van der Waals surface area (Å²) in [4.78, 5) is 42.7. The van der Waals surface area contributed by atoms with Gasteiger partial charge in [-0.1, -0.05) is 17.7 Å². The number of nitrogens with zero attached hydrogens (tertiary/aromatic N) is 2. The predicted molar refractivity (Wildman–Crippen MR) is 123 cm³/mol. The second-order valence-electron chi connectivity index (χ2n) is 8.06. The van der Waals surface area contributed by atoms with Gasteiger partial charge in [-0.25, -0.2) is 25.0 Å².